The van der Waals surface area contributed by atoms with Gasteiger partial charge in [0.1, 0.15) is 0 Å². The molecule has 6 aliphatic carbocycles. The number of fused-ring (bicyclic) bond motifs is 1. The summed E-state index contributed by atoms with van der Waals surface area (Å²) < 4.78 is 0. The first-order valence-corrected chi connectivity index (χ1v) is 23.7. The lowest BCUT2D eigenvalue weighted by atomic mass is 9.60. The molecule has 0 N–H and O–H groups in total. The van der Waals surface area contributed by atoms with Gasteiger partial charge in [-0.1, -0.05) is 201 Å². The maximum Gasteiger partial charge on any atom is -0.0272 e. The lowest BCUT2D eigenvalue weighted by molar-refractivity contribution is 0.0520. The van der Waals surface area contributed by atoms with E-state index in [0.29, 0.717) is 37.9 Å². The van der Waals surface area contributed by atoms with Gasteiger partial charge in [-0.25, -0.2) is 0 Å². The van der Waals surface area contributed by atoms with Gasteiger partial charge < -0.3 is 0 Å². The minimum absolute atomic E-state index is 0.517. The number of rotatable bonds is 4. The molecule has 0 aromatic heterocycles. The van der Waals surface area contributed by atoms with Crippen molar-refractivity contribution in [2.24, 2.45) is 54.7 Å². The second kappa shape index (κ2) is 19.0. The number of hydrogen-bond donors (Lipinski definition) is 0. The topological polar surface area (TPSA) is 0 Å². The molecule has 0 aliphatic heterocycles. The predicted molar refractivity (Wildman–Crippen MR) is 237 cm³/mol. The SMILES string of the molecule is CC(C)(C)C1(C)CCCC1.CC1(C)CCCC1(C)C.CC1(C)CCCCC1(C)C.CC12CCCC1(C)CCC2.CCCCC[C@@]1(C)CCCC[C@@H]1C. The van der Waals surface area contributed by atoms with E-state index in [4.69, 9.17) is 0 Å². The maximum atomic E-state index is 2.52. The average Bonchev–Trinajstić information content (AvgIpc) is 3.74. The Kier molecular flexibility index (Phi) is 17.6. The monoisotopic (exact) mass is 727 g/mol. The highest BCUT2D eigenvalue weighted by atomic mass is 14.6. The maximum absolute atomic E-state index is 2.52. The summed E-state index contributed by atoms with van der Waals surface area (Å²) in [5, 5.41) is 0. The number of hydrogen-bond acceptors (Lipinski definition) is 0. The molecular weight excluding hydrogens is 625 g/mol. The molecule has 0 bridgehead atoms. The Bertz CT molecular complexity index is 941. The molecule has 0 heteroatoms. The van der Waals surface area contributed by atoms with Gasteiger partial charge in [0.05, 0.1) is 0 Å². The summed E-state index contributed by atoms with van der Waals surface area (Å²) in [6.45, 7) is 41.1. The fourth-order valence-electron chi connectivity index (χ4n) is 11.3. The van der Waals surface area contributed by atoms with Crippen LogP contribution in [-0.2, 0) is 0 Å². The molecule has 0 aromatic carbocycles. The molecule has 2 atom stereocenters. The highest BCUT2D eigenvalue weighted by molar-refractivity contribution is 5.01. The first-order chi connectivity index (χ1) is 23.7. The van der Waals surface area contributed by atoms with E-state index in [1.54, 1.807) is 0 Å². The summed E-state index contributed by atoms with van der Waals surface area (Å²) >= 11 is 0. The van der Waals surface area contributed by atoms with E-state index in [9.17, 15) is 0 Å². The van der Waals surface area contributed by atoms with Crippen LogP contribution >= 0.6 is 0 Å². The van der Waals surface area contributed by atoms with Crippen molar-refractivity contribution in [2.75, 3.05) is 0 Å². The standard InChI is InChI=1S/C13H26.C10H18.2C10H20.C9H18/c1-4-5-7-10-13(3)11-8-6-9-12(13)2;1-9-5-3-7-10(9,2)8-4-6-9;1-9(2)7-5-6-8-10(9,3)4;1-9(2,3)10(4)7-5-6-8-10;1-8(2)6-5-7-9(8,3)4/h12H,4-11H2,1-3H3;3-8H2,1-2H3;2*5-8H2,1-4H3;5-7H2,1-4H3/t12-,13-;;;;/m0..../s1. The van der Waals surface area contributed by atoms with E-state index in [1.807, 2.05) is 0 Å². The second-order valence-corrected chi connectivity index (χ2v) is 24.7. The van der Waals surface area contributed by atoms with Gasteiger partial charge in [0, 0.05) is 0 Å². The summed E-state index contributed by atoms with van der Waals surface area (Å²) in [6, 6.07) is 0. The Morgan fingerprint density at radius 1 is 0.423 bits per heavy atom. The molecule has 6 saturated carbocycles. The van der Waals surface area contributed by atoms with Crippen LogP contribution in [0.15, 0.2) is 0 Å². The molecule has 0 amide bonds. The molecule has 0 saturated heterocycles. The lowest BCUT2D eigenvalue weighted by Crippen LogP contribution is -2.35. The van der Waals surface area contributed by atoms with E-state index in [0.717, 1.165) is 16.7 Å². The average molecular weight is 727 g/mol. The van der Waals surface area contributed by atoms with Gasteiger partial charge in [-0.2, -0.15) is 0 Å². The quantitative estimate of drug-likeness (QED) is 0.253. The summed E-state index contributed by atoms with van der Waals surface area (Å²) in [5.74, 6) is 0.970. The van der Waals surface area contributed by atoms with Gasteiger partial charge in [0.15, 0.2) is 0 Å². The van der Waals surface area contributed by atoms with Crippen LogP contribution in [0.4, 0.5) is 0 Å². The minimum Gasteiger partial charge on any atom is -0.0654 e. The highest BCUT2D eigenvalue weighted by Gasteiger charge is 2.51. The van der Waals surface area contributed by atoms with E-state index in [1.165, 1.54) is 161 Å². The van der Waals surface area contributed by atoms with Crippen LogP contribution in [0.3, 0.4) is 0 Å². The molecule has 0 nitrogen and oxygen atoms in total. The van der Waals surface area contributed by atoms with Crippen LogP contribution in [0.25, 0.3) is 0 Å². The van der Waals surface area contributed by atoms with Gasteiger partial charge in [-0.05, 0) is 132 Å². The molecule has 0 radical (unpaired) electrons. The summed E-state index contributed by atoms with van der Waals surface area (Å²) in [6.07, 6.45) is 36.4. The normalized spacial score (nSPS) is 34.9. The summed E-state index contributed by atoms with van der Waals surface area (Å²) in [4.78, 5) is 0. The Hall–Kier alpha value is 0. The highest BCUT2D eigenvalue weighted by Crippen LogP contribution is 2.62. The van der Waals surface area contributed by atoms with Crippen LogP contribution in [0, 0.1) is 54.7 Å². The fraction of sp³-hybridized carbons (Fsp3) is 1.00. The van der Waals surface area contributed by atoms with Gasteiger partial charge in [-0.3, -0.25) is 0 Å². The summed E-state index contributed by atoms with van der Waals surface area (Å²) in [5.41, 5.74) is 5.65. The van der Waals surface area contributed by atoms with Crippen LogP contribution in [0.1, 0.15) is 278 Å². The van der Waals surface area contributed by atoms with E-state index in [-0.39, 0.29) is 0 Å². The smallest absolute Gasteiger partial charge is 0.0272 e. The minimum atomic E-state index is 0.517. The van der Waals surface area contributed by atoms with Crippen molar-refractivity contribution in [3.63, 3.8) is 0 Å². The van der Waals surface area contributed by atoms with Crippen LogP contribution in [0.5, 0.6) is 0 Å². The zero-order valence-electron chi connectivity index (χ0n) is 39.8. The van der Waals surface area contributed by atoms with Crippen molar-refractivity contribution >= 4 is 0 Å². The third kappa shape index (κ3) is 12.5. The Balaban J connectivity index is 0.000000226. The molecule has 0 unspecified atom stereocenters. The Morgan fingerprint density at radius 2 is 0.769 bits per heavy atom. The molecule has 6 rings (SSSR count). The van der Waals surface area contributed by atoms with Crippen molar-refractivity contribution in [1.82, 2.24) is 0 Å². The van der Waals surface area contributed by atoms with Crippen molar-refractivity contribution in [1.29, 1.82) is 0 Å². The van der Waals surface area contributed by atoms with Crippen molar-refractivity contribution in [2.45, 2.75) is 278 Å². The Labute approximate surface area is 331 Å². The van der Waals surface area contributed by atoms with E-state index in [2.05, 4.69) is 118 Å². The molecule has 6 fully saturated rings. The van der Waals surface area contributed by atoms with Crippen LogP contribution in [0.2, 0.25) is 0 Å². The lowest BCUT2D eigenvalue weighted by Gasteiger charge is -2.45. The summed E-state index contributed by atoms with van der Waals surface area (Å²) in [7, 11) is 0. The van der Waals surface area contributed by atoms with Gasteiger partial charge in [-0.15, -0.1) is 0 Å². The van der Waals surface area contributed by atoms with Crippen molar-refractivity contribution in [3.8, 4) is 0 Å². The van der Waals surface area contributed by atoms with Crippen molar-refractivity contribution in [3.05, 3.63) is 0 Å². The molecule has 6 aliphatic rings. The zero-order valence-corrected chi connectivity index (χ0v) is 39.8. The van der Waals surface area contributed by atoms with Crippen molar-refractivity contribution < 1.29 is 0 Å². The fourth-order valence-corrected chi connectivity index (χ4v) is 11.3. The first kappa shape index (κ1) is 48.1. The van der Waals surface area contributed by atoms with E-state index < -0.39 is 0 Å². The van der Waals surface area contributed by atoms with E-state index >= 15 is 0 Å². The van der Waals surface area contributed by atoms with Gasteiger partial charge in [0.25, 0.3) is 0 Å². The molecule has 0 spiro atoms. The first-order valence-electron chi connectivity index (χ1n) is 23.7. The zero-order chi connectivity index (χ0) is 39.8. The molecule has 310 valence electrons. The predicted octanol–water partition coefficient (Wildman–Crippen LogP) is 18.6. The third-order valence-corrected chi connectivity index (χ3v) is 19.2. The van der Waals surface area contributed by atoms with Gasteiger partial charge in [0.2, 0.25) is 0 Å². The molecule has 0 aromatic rings. The molecular formula is C52H102. The van der Waals surface area contributed by atoms with Crippen LogP contribution < -0.4 is 0 Å². The largest absolute Gasteiger partial charge is 0.0654 e. The number of unbranched alkanes of at least 4 members (excludes halogenated alkanes) is 2. The van der Waals surface area contributed by atoms with Crippen LogP contribution in [-0.4, -0.2) is 0 Å². The van der Waals surface area contributed by atoms with Gasteiger partial charge >= 0.3 is 0 Å². The second-order valence-electron chi connectivity index (χ2n) is 24.7. The third-order valence-electron chi connectivity index (χ3n) is 19.2. The molecule has 0 heterocycles. The Morgan fingerprint density at radius 3 is 1.08 bits per heavy atom. The molecule has 52 heavy (non-hydrogen) atoms.